The molecule has 23 heavy (non-hydrogen) atoms. The zero-order valence-corrected chi connectivity index (χ0v) is 15.2. The summed E-state index contributed by atoms with van der Waals surface area (Å²) in [5.74, 6) is -1.64. The van der Waals surface area contributed by atoms with Crippen molar-refractivity contribution in [3.05, 3.63) is 0 Å². The third-order valence-corrected chi connectivity index (χ3v) is 3.69. The fourth-order valence-electron chi connectivity index (χ4n) is 1.95. The second kappa shape index (κ2) is 9.50. The minimum Gasteiger partial charge on any atom is -0.467 e. The normalized spacial score (nSPS) is 15.3. The molecule has 7 nitrogen and oxygen atoms in total. The van der Waals surface area contributed by atoms with Crippen molar-refractivity contribution in [2.45, 2.75) is 59.7 Å². The first-order valence-corrected chi connectivity index (χ1v) is 7.97. The Morgan fingerprint density at radius 2 is 1.22 bits per heavy atom. The molecular formula is C16H31N3O4. The van der Waals surface area contributed by atoms with Crippen molar-refractivity contribution in [3.63, 3.8) is 0 Å². The molecule has 0 rings (SSSR count). The van der Waals surface area contributed by atoms with Crippen molar-refractivity contribution in [1.82, 2.24) is 10.6 Å². The molecule has 0 spiro atoms. The fourth-order valence-corrected chi connectivity index (χ4v) is 1.95. The van der Waals surface area contributed by atoms with Crippen molar-refractivity contribution in [3.8, 4) is 0 Å². The molecule has 134 valence electrons. The highest BCUT2D eigenvalue weighted by atomic mass is 16.5. The van der Waals surface area contributed by atoms with Crippen LogP contribution < -0.4 is 16.4 Å². The van der Waals surface area contributed by atoms with Gasteiger partial charge in [0.25, 0.3) is 0 Å². The van der Waals surface area contributed by atoms with Crippen LogP contribution in [0.25, 0.3) is 0 Å². The van der Waals surface area contributed by atoms with E-state index in [1.54, 1.807) is 13.8 Å². The number of ether oxygens (including phenoxy) is 1. The van der Waals surface area contributed by atoms with Crippen molar-refractivity contribution in [2.75, 3.05) is 7.11 Å². The van der Waals surface area contributed by atoms with Crippen LogP contribution in [0.15, 0.2) is 0 Å². The molecule has 0 unspecified atom stereocenters. The third kappa shape index (κ3) is 6.56. The summed E-state index contributed by atoms with van der Waals surface area (Å²) in [6.45, 7) is 10.9. The topological polar surface area (TPSA) is 111 Å². The maximum atomic E-state index is 12.5. The second-order valence-corrected chi connectivity index (χ2v) is 6.75. The molecule has 4 N–H and O–H groups in total. The van der Waals surface area contributed by atoms with E-state index in [2.05, 4.69) is 10.6 Å². The van der Waals surface area contributed by atoms with Crippen LogP contribution in [0, 0.1) is 17.8 Å². The maximum Gasteiger partial charge on any atom is 0.328 e. The Balaban J connectivity index is 5.06. The Morgan fingerprint density at radius 3 is 1.57 bits per heavy atom. The minimum atomic E-state index is -0.766. The van der Waals surface area contributed by atoms with Gasteiger partial charge in [-0.1, -0.05) is 41.5 Å². The Kier molecular flexibility index (Phi) is 8.82. The smallest absolute Gasteiger partial charge is 0.328 e. The predicted octanol–water partition coefficient (Wildman–Crippen LogP) is 0.424. The van der Waals surface area contributed by atoms with Gasteiger partial charge in [0.15, 0.2) is 0 Å². The molecule has 0 fully saturated rings. The van der Waals surface area contributed by atoms with Gasteiger partial charge >= 0.3 is 5.97 Å². The standard InChI is InChI=1S/C16H31N3O4/c1-8(2)11(17)14(20)18-12(9(3)4)15(21)19-13(10(5)6)16(22)23-7/h8-13H,17H2,1-7H3,(H,18,20)(H,19,21)/t11-,12-,13-/m0/s1. The number of nitrogens with two attached hydrogens (primary N) is 1. The average molecular weight is 329 g/mol. The van der Waals surface area contributed by atoms with Gasteiger partial charge in [0.2, 0.25) is 11.8 Å². The summed E-state index contributed by atoms with van der Waals surface area (Å²) in [4.78, 5) is 36.3. The van der Waals surface area contributed by atoms with Gasteiger partial charge in [0.1, 0.15) is 12.1 Å². The van der Waals surface area contributed by atoms with Crippen LogP contribution in [-0.4, -0.2) is 43.0 Å². The monoisotopic (exact) mass is 329 g/mol. The minimum absolute atomic E-state index is 0.0376. The Bertz CT molecular complexity index is 422. The SMILES string of the molecule is COC(=O)[C@@H](NC(=O)[C@@H](NC(=O)[C@@H](N)C(C)C)C(C)C)C(C)C. The van der Waals surface area contributed by atoms with Gasteiger partial charge in [0, 0.05) is 0 Å². The largest absolute Gasteiger partial charge is 0.467 e. The van der Waals surface area contributed by atoms with Gasteiger partial charge in [-0.2, -0.15) is 0 Å². The van der Waals surface area contributed by atoms with Crippen molar-refractivity contribution >= 4 is 17.8 Å². The Hall–Kier alpha value is -1.63. The summed E-state index contributed by atoms with van der Waals surface area (Å²) < 4.78 is 4.70. The zero-order valence-electron chi connectivity index (χ0n) is 15.2. The van der Waals surface area contributed by atoms with Crippen molar-refractivity contribution < 1.29 is 19.1 Å². The maximum absolute atomic E-state index is 12.5. The first-order chi connectivity index (χ1) is 10.5. The Morgan fingerprint density at radius 1 is 0.783 bits per heavy atom. The molecule has 0 aromatic heterocycles. The number of esters is 1. The predicted molar refractivity (Wildman–Crippen MR) is 88.4 cm³/mol. The van der Waals surface area contributed by atoms with Crippen molar-refractivity contribution in [1.29, 1.82) is 0 Å². The Labute approximate surface area is 138 Å². The highest BCUT2D eigenvalue weighted by Gasteiger charge is 2.32. The lowest BCUT2D eigenvalue weighted by Gasteiger charge is -2.27. The number of carbonyl (C=O) groups is 3. The van der Waals surface area contributed by atoms with E-state index in [0.29, 0.717) is 0 Å². The van der Waals surface area contributed by atoms with Crippen LogP contribution in [0.4, 0.5) is 0 Å². The molecule has 0 aromatic rings. The van der Waals surface area contributed by atoms with E-state index >= 15 is 0 Å². The highest BCUT2D eigenvalue weighted by Crippen LogP contribution is 2.08. The summed E-state index contributed by atoms with van der Waals surface area (Å²) in [5, 5.41) is 5.32. The van der Waals surface area contributed by atoms with Crippen LogP contribution in [0.2, 0.25) is 0 Å². The van der Waals surface area contributed by atoms with E-state index < -0.39 is 30.0 Å². The number of rotatable bonds is 8. The van der Waals surface area contributed by atoms with Gasteiger partial charge in [0.05, 0.1) is 13.2 Å². The highest BCUT2D eigenvalue weighted by molar-refractivity contribution is 5.92. The van der Waals surface area contributed by atoms with E-state index in [-0.39, 0.29) is 23.7 Å². The lowest BCUT2D eigenvalue weighted by Crippen LogP contribution is -2.57. The molecular weight excluding hydrogens is 298 g/mol. The molecule has 0 bridgehead atoms. The molecule has 0 heterocycles. The summed E-state index contributed by atoms with van der Waals surface area (Å²) >= 11 is 0. The molecule has 0 radical (unpaired) electrons. The lowest BCUT2D eigenvalue weighted by molar-refractivity contribution is -0.146. The number of hydrogen-bond donors (Lipinski definition) is 3. The average Bonchev–Trinajstić information content (AvgIpc) is 2.47. The van der Waals surface area contributed by atoms with Crippen LogP contribution in [0.3, 0.4) is 0 Å². The first kappa shape index (κ1) is 21.4. The summed E-state index contributed by atoms with van der Waals surface area (Å²) in [6, 6.07) is -2.21. The lowest BCUT2D eigenvalue weighted by atomic mass is 9.98. The van der Waals surface area contributed by atoms with E-state index in [4.69, 9.17) is 10.5 Å². The van der Waals surface area contributed by atoms with E-state index in [0.717, 1.165) is 0 Å². The number of carbonyl (C=O) groups excluding carboxylic acids is 3. The number of nitrogens with one attached hydrogen (secondary N) is 2. The molecule has 0 aromatic carbocycles. The van der Waals surface area contributed by atoms with E-state index in [1.165, 1.54) is 7.11 Å². The van der Waals surface area contributed by atoms with E-state index in [1.807, 2.05) is 27.7 Å². The van der Waals surface area contributed by atoms with Crippen LogP contribution in [0.1, 0.15) is 41.5 Å². The van der Waals surface area contributed by atoms with E-state index in [9.17, 15) is 14.4 Å². The van der Waals surface area contributed by atoms with Crippen LogP contribution >= 0.6 is 0 Å². The summed E-state index contributed by atoms with van der Waals surface area (Å²) in [5.41, 5.74) is 5.81. The van der Waals surface area contributed by atoms with Crippen molar-refractivity contribution in [2.24, 2.45) is 23.5 Å². The molecule has 2 amide bonds. The number of methoxy groups -OCH3 is 1. The molecule has 0 saturated carbocycles. The quantitative estimate of drug-likeness (QED) is 0.559. The fraction of sp³-hybridized carbons (Fsp3) is 0.812. The first-order valence-electron chi connectivity index (χ1n) is 7.97. The van der Waals surface area contributed by atoms with Gasteiger partial charge < -0.3 is 21.1 Å². The molecule has 7 heteroatoms. The van der Waals surface area contributed by atoms with Crippen LogP contribution in [-0.2, 0) is 19.1 Å². The molecule has 0 aliphatic carbocycles. The number of hydrogen-bond acceptors (Lipinski definition) is 5. The molecule has 3 atom stereocenters. The molecule has 0 aliphatic rings. The zero-order chi connectivity index (χ0) is 18.3. The van der Waals surface area contributed by atoms with Gasteiger partial charge in [-0.15, -0.1) is 0 Å². The second-order valence-electron chi connectivity index (χ2n) is 6.75. The third-order valence-electron chi connectivity index (χ3n) is 3.69. The summed E-state index contributed by atoms with van der Waals surface area (Å²) in [7, 11) is 1.27. The molecule has 0 aliphatic heterocycles. The summed E-state index contributed by atoms with van der Waals surface area (Å²) in [6.07, 6.45) is 0. The van der Waals surface area contributed by atoms with Gasteiger partial charge in [-0.25, -0.2) is 4.79 Å². The van der Waals surface area contributed by atoms with Gasteiger partial charge in [-0.05, 0) is 17.8 Å². The molecule has 0 saturated heterocycles. The number of amides is 2. The van der Waals surface area contributed by atoms with Gasteiger partial charge in [-0.3, -0.25) is 9.59 Å². The van der Waals surface area contributed by atoms with Crippen LogP contribution in [0.5, 0.6) is 0 Å².